The molecular weight excluding hydrogens is 242 g/mol. The molecule has 0 fully saturated rings. The number of carbonyl (C=O) groups is 1. The van der Waals surface area contributed by atoms with Gasteiger partial charge in [-0.25, -0.2) is 13.2 Å². The van der Waals surface area contributed by atoms with Crippen LogP contribution in [0.4, 0.5) is 0 Å². The third kappa shape index (κ3) is 4.25. The monoisotopic (exact) mass is 253 g/mol. The van der Waals surface area contributed by atoms with Gasteiger partial charge in [-0.1, -0.05) is 5.92 Å². The van der Waals surface area contributed by atoms with Crippen molar-refractivity contribution in [2.24, 2.45) is 0 Å². The normalized spacial score (nSPS) is 10.2. The van der Waals surface area contributed by atoms with Gasteiger partial charge >= 0.3 is 5.97 Å². The van der Waals surface area contributed by atoms with Crippen LogP contribution in [0.25, 0.3) is 0 Å². The Morgan fingerprint density at radius 1 is 1.47 bits per heavy atom. The van der Waals surface area contributed by atoms with Gasteiger partial charge in [0.1, 0.15) is 0 Å². The van der Waals surface area contributed by atoms with Crippen LogP contribution in [0.3, 0.4) is 0 Å². The predicted octanol–water partition coefficient (Wildman–Crippen LogP) is 0.400. The third-order valence-corrected chi connectivity index (χ3v) is 2.81. The molecular formula is C11H11NO4S. The number of esters is 1. The summed E-state index contributed by atoms with van der Waals surface area (Å²) < 4.78 is 27.1. The molecule has 1 rings (SSSR count). The molecule has 0 amide bonds. The van der Waals surface area contributed by atoms with Gasteiger partial charge in [0.25, 0.3) is 0 Å². The van der Waals surface area contributed by atoms with E-state index in [1.165, 1.54) is 18.5 Å². The molecule has 0 radical (unpaired) electrons. The minimum atomic E-state index is -3.32. The molecule has 0 aliphatic carbocycles. The molecule has 0 aliphatic heterocycles. The number of hydrogen-bond acceptors (Lipinski definition) is 5. The van der Waals surface area contributed by atoms with Crippen LogP contribution in [0.1, 0.15) is 12.5 Å². The Morgan fingerprint density at radius 3 is 2.76 bits per heavy atom. The van der Waals surface area contributed by atoms with Crippen LogP contribution in [0.5, 0.6) is 0 Å². The second-order valence-corrected chi connectivity index (χ2v) is 5.17. The summed E-state index contributed by atoms with van der Waals surface area (Å²) in [5.41, 5.74) is 0.348. The maximum absolute atomic E-state index is 11.2. The predicted molar refractivity (Wildman–Crippen MR) is 60.9 cm³/mol. The molecule has 5 nitrogen and oxygen atoms in total. The van der Waals surface area contributed by atoms with Crippen LogP contribution in [0.15, 0.2) is 23.4 Å². The van der Waals surface area contributed by atoms with Crippen LogP contribution < -0.4 is 0 Å². The van der Waals surface area contributed by atoms with E-state index in [4.69, 9.17) is 0 Å². The lowest BCUT2D eigenvalue weighted by molar-refractivity contribution is -0.136. The fourth-order valence-corrected chi connectivity index (χ4v) is 1.57. The Kier molecular flexibility index (Phi) is 4.24. The molecule has 6 heteroatoms. The molecule has 17 heavy (non-hydrogen) atoms. The molecule has 0 aliphatic rings. The number of pyridine rings is 1. The molecule has 0 saturated carbocycles. The lowest BCUT2D eigenvalue weighted by Crippen LogP contribution is -2.00. The van der Waals surface area contributed by atoms with Crippen molar-refractivity contribution in [1.82, 2.24) is 4.98 Å². The van der Waals surface area contributed by atoms with Gasteiger partial charge in [-0.2, -0.15) is 0 Å². The molecule has 0 bridgehead atoms. The molecule has 1 aromatic heterocycles. The van der Waals surface area contributed by atoms with E-state index < -0.39 is 15.8 Å². The molecule has 0 unspecified atom stereocenters. The number of rotatable bonds is 2. The lowest BCUT2D eigenvalue weighted by Gasteiger charge is -1.97. The molecule has 90 valence electrons. The van der Waals surface area contributed by atoms with Crippen LogP contribution in [-0.2, 0) is 19.4 Å². The van der Waals surface area contributed by atoms with E-state index in [2.05, 4.69) is 21.6 Å². The van der Waals surface area contributed by atoms with E-state index in [1.54, 1.807) is 6.92 Å². The number of nitrogens with zero attached hydrogens (tertiary/aromatic N) is 1. The van der Waals surface area contributed by atoms with E-state index in [-0.39, 0.29) is 11.5 Å². The number of ether oxygens (including phenoxy) is 1. The minimum Gasteiger partial charge on any atom is -0.456 e. The summed E-state index contributed by atoms with van der Waals surface area (Å²) in [6.45, 7) is 1.92. The van der Waals surface area contributed by atoms with Crippen molar-refractivity contribution >= 4 is 15.8 Å². The summed E-state index contributed by atoms with van der Waals surface area (Å²) in [5, 5.41) is 0. The van der Waals surface area contributed by atoms with Crippen LogP contribution in [0, 0.1) is 11.8 Å². The maximum atomic E-state index is 11.2. The van der Waals surface area contributed by atoms with Crippen molar-refractivity contribution in [1.29, 1.82) is 0 Å². The number of sulfone groups is 1. The Balaban J connectivity index is 2.98. The molecule has 0 saturated heterocycles. The first kappa shape index (κ1) is 13.2. The fraction of sp³-hybridized carbons (Fsp3) is 0.273. The molecule has 0 N–H and O–H groups in total. The molecule has 1 aromatic rings. The summed E-state index contributed by atoms with van der Waals surface area (Å²) in [4.78, 5) is 14.8. The van der Waals surface area contributed by atoms with E-state index in [1.807, 2.05) is 0 Å². The highest BCUT2D eigenvalue weighted by Gasteiger charge is 2.07. The highest BCUT2D eigenvalue weighted by Crippen LogP contribution is 2.08. The van der Waals surface area contributed by atoms with Crippen LogP contribution in [-0.4, -0.2) is 32.2 Å². The van der Waals surface area contributed by atoms with E-state index in [0.29, 0.717) is 5.56 Å². The van der Waals surface area contributed by atoms with Gasteiger partial charge in [-0.05, 0) is 13.0 Å². The summed E-state index contributed by atoms with van der Waals surface area (Å²) in [5.74, 6) is 4.07. The van der Waals surface area contributed by atoms with Gasteiger partial charge in [0.2, 0.25) is 0 Å². The van der Waals surface area contributed by atoms with Gasteiger partial charge in [-0.3, -0.25) is 4.98 Å². The average Bonchev–Trinajstić information content (AvgIpc) is 2.26. The highest BCUT2D eigenvalue weighted by molar-refractivity contribution is 7.90. The van der Waals surface area contributed by atoms with Crippen molar-refractivity contribution in [2.75, 3.05) is 12.9 Å². The second-order valence-electron chi connectivity index (χ2n) is 3.15. The summed E-state index contributed by atoms with van der Waals surface area (Å²) in [7, 11) is -3.32. The van der Waals surface area contributed by atoms with Gasteiger partial charge in [0, 0.05) is 30.1 Å². The van der Waals surface area contributed by atoms with Gasteiger partial charge in [0.15, 0.2) is 9.84 Å². The first-order valence-electron chi connectivity index (χ1n) is 4.77. The van der Waals surface area contributed by atoms with Crippen molar-refractivity contribution in [2.45, 2.75) is 11.8 Å². The zero-order chi connectivity index (χ0) is 12.9. The largest absolute Gasteiger partial charge is 0.456 e. The second kappa shape index (κ2) is 5.46. The Morgan fingerprint density at radius 2 is 2.18 bits per heavy atom. The lowest BCUT2D eigenvalue weighted by atomic mass is 10.3. The van der Waals surface area contributed by atoms with Gasteiger partial charge in [-0.15, -0.1) is 0 Å². The van der Waals surface area contributed by atoms with Crippen molar-refractivity contribution in [3.05, 3.63) is 24.0 Å². The zero-order valence-electron chi connectivity index (χ0n) is 9.43. The van der Waals surface area contributed by atoms with Crippen molar-refractivity contribution in [3.63, 3.8) is 0 Å². The van der Waals surface area contributed by atoms with E-state index in [0.717, 1.165) is 6.26 Å². The maximum Gasteiger partial charge on any atom is 0.384 e. The minimum absolute atomic E-state index is 0.0631. The topological polar surface area (TPSA) is 73.3 Å². The Hall–Kier alpha value is -1.87. The third-order valence-electron chi connectivity index (χ3n) is 1.73. The number of aromatic nitrogens is 1. The summed E-state index contributed by atoms with van der Waals surface area (Å²) in [6, 6.07) is 1.36. The summed E-state index contributed by atoms with van der Waals surface area (Å²) >= 11 is 0. The van der Waals surface area contributed by atoms with Gasteiger partial charge in [0.05, 0.1) is 11.5 Å². The van der Waals surface area contributed by atoms with Crippen molar-refractivity contribution in [3.8, 4) is 11.8 Å². The van der Waals surface area contributed by atoms with Gasteiger partial charge < -0.3 is 4.74 Å². The van der Waals surface area contributed by atoms with E-state index in [9.17, 15) is 13.2 Å². The standard InChI is InChI=1S/C11H11NO4S/c1-3-16-11(13)5-4-9-6-10(8-12-7-9)17(2,14)15/h6-8H,3H2,1-2H3. The average molecular weight is 253 g/mol. The zero-order valence-corrected chi connectivity index (χ0v) is 10.2. The first-order chi connectivity index (χ1) is 7.93. The van der Waals surface area contributed by atoms with Crippen molar-refractivity contribution < 1.29 is 17.9 Å². The Labute approximate surface area is 99.7 Å². The number of hydrogen-bond donors (Lipinski definition) is 0. The van der Waals surface area contributed by atoms with Crippen LogP contribution in [0.2, 0.25) is 0 Å². The molecule has 0 aromatic carbocycles. The summed E-state index contributed by atoms with van der Waals surface area (Å²) in [6.07, 6.45) is 3.68. The van der Waals surface area contributed by atoms with E-state index >= 15 is 0 Å². The quantitative estimate of drug-likeness (QED) is 0.563. The Bertz CT molecular complexity index is 581. The SMILES string of the molecule is CCOC(=O)C#Cc1cncc(S(C)(=O)=O)c1. The first-order valence-corrected chi connectivity index (χ1v) is 6.66. The highest BCUT2D eigenvalue weighted by atomic mass is 32.2. The molecule has 0 spiro atoms. The number of carbonyl (C=O) groups excluding carboxylic acids is 1. The molecule has 1 heterocycles. The molecule has 0 atom stereocenters. The fourth-order valence-electron chi connectivity index (χ4n) is 0.980. The van der Waals surface area contributed by atoms with Crippen LogP contribution >= 0.6 is 0 Å². The smallest absolute Gasteiger partial charge is 0.384 e.